The molecule has 0 amide bonds. The van der Waals surface area contributed by atoms with Crippen molar-refractivity contribution in [1.29, 1.82) is 0 Å². The third-order valence-corrected chi connectivity index (χ3v) is 2.82. The first kappa shape index (κ1) is 14.5. The predicted octanol–water partition coefficient (Wildman–Crippen LogP) is 3.62. The SMILES string of the molecule is COc1nc(Cl)nc(Oc2ccccc2C(C)(C)C)n1. The topological polar surface area (TPSA) is 57.1 Å². The number of para-hydroxylation sites is 1. The summed E-state index contributed by atoms with van der Waals surface area (Å²) in [5.41, 5.74) is 0.993. The highest BCUT2D eigenvalue weighted by atomic mass is 35.5. The number of hydrogen-bond acceptors (Lipinski definition) is 5. The molecule has 0 bridgehead atoms. The molecule has 2 aromatic rings. The first-order valence-electron chi connectivity index (χ1n) is 6.13. The molecule has 5 nitrogen and oxygen atoms in total. The van der Waals surface area contributed by atoms with Crippen molar-refractivity contribution in [3.63, 3.8) is 0 Å². The molecular formula is C14H16ClN3O2. The van der Waals surface area contributed by atoms with Crippen molar-refractivity contribution in [3.8, 4) is 17.8 Å². The molecule has 1 heterocycles. The summed E-state index contributed by atoms with van der Waals surface area (Å²) in [6.45, 7) is 6.32. The summed E-state index contributed by atoms with van der Waals surface area (Å²) < 4.78 is 10.7. The van der Waals surface area contributed by atoms with Crippen LogP contribution in [0.25, 0.3) is 0 Å². The molecule has 1 aromatic carbocycles. The second-order valence-electron chi connectivity index (χ2n) is 5.22. The summed E-state index contributed by atoms with van der Waals surface area (Å²) in [5.74, 6) is 0.685. The summed E-state index contributed by atoms with van der Waals surface area (Å²) in [4.78, 5) is 11.8. The Bertz CT molecular complexity index is 612. The second kappa shape index (κ2) is 5.63. The maximum absolute atomic E-state index is 5.80. The number of aromatic nitrogens is 3. The minimum atomic E-state index is -0.0580. The van der Waals surface area contributed by atoms with Crippen LogP contribution in [0.4, 0.5) is 0 Å². The molecule has 0 aliphatic rings. The van der Waals surface area contributed by atoms with Crippen LogP contribution in [0.1, 0.15) is 26.3 Å². The number of benzene rings is 1. The summed E-state index contributed by atoms with van der Waals surface area (Å²) >= 11 is 5.80. The molecule has 0 saturated heterocycles. The average molecular weight is 294 g/mol. The van der Waals surface area contributed by atoms with Gasteiger partial charge in [0.2, 0.25) is 5.28 Å². The lowest BCUT2D eigenvalue weighted by Gasteiger charge is -2.21. The fourth-order valence-electron chi connectivity index (χ4n) is 1.73. The number of ether oxygens (including phenoxy) is 2. The monoisotopic (exact) mass is 293 g/mol. The van der Waals surface area contributed by atoms with E-state index in [9.17, 15) is 0 Å². The van der Waals surface area contributed by atoms with Crippen LogP contribution in [0.15, 0.2) is 24.3 Å². The van der Waals surface area contributed by atoms with Crippen LogP contribution in [0.5, 0.6) is 17.8 Å². The number of rotatable bonds is 3. The van der Waals surface area contributed by atoms with Gasteiger partial charge in [-0.05, 0) is 23.1 Å². The zero-order valence-electron chi connectivity index (χ0n) is 11.8. The molecule has 20 heavy (non-hydrogen) atoms. The van der Waals surface area contributed by atoms with Gasteiger partial charge in [0, 0.05) is 5.56 Å². The normalized spacial score (nSPS) is 11.2. The molecular weight excluding hydrogens is 278 g/mol. The summed E-state index contributed by atoms with van der Waals surface area (Å²) in [5, 5.41) is 0.0279. The Morgan fingerprint density at radius 2 is 1.65 bits per heavy atom. The molecule has 0 aliphatic carbocycles. The van der Waals surface area contributed by atoms with E-state index in [1.165, 1.54) is 7.11 Å². The van der Waals surface area contributed by atoms with Crippen molar-refractivity contribution in [1.82, 2.24) is 15.0 Å². The van der Waals surface area contributed by atoms with E-state index in [1.54, 1.807) is 0 Å². The first-order chi connectivity index (χ1) is 9.40. The molecule has 2 rings (SSSR count). The van der Waals surface area contributed by atoms with Crippen molar-refractivity contribution in [3.05, 3.63) is 35.1 Å². The maximum atomic E-state index is 5.80. The highest BCUT2D eigenvalue weighted by Crippen LogP contribution is 2.33. The molecule has 0 unspecified atom stereocenters. The quantitative estimate of drug-likeness (QED) is 0.865. The van der Waals surface area contributed by atoms with Crippen LogP contribution < -0.4 is 9.47 Å². The lowest BCUT2D eigenvalue weighted by Crippen LogP contribution is -2.12. The highest BCUT2D eigenvalue weighted by molar-refractivity contribution is 6.28. The Hall–Kier alpha value is -1.88. The summed E-state index contributed by atoms with van der Waals surface area (Å²) in [6.07, 6.45) is 0. The van der Waals surface area contributed by atoms with E-state index in [2.05, 4.69) is 35.7 Å². The van der Waals surface area contributed by atoms with Crippen LogP contribution in [0.3, 0.4) is 0 Å². The third kappa shape index (κ3) is 3.36. The first-order valence-corrected chi connectivity index (χ1v) is 6.51. The van der Waals surface area contributed by atoms with Gasteiger partial charge in [-0.25, -0.2) is 0 Å². The van der Waals surface area contributed by atoms with Crippen LogP contribution in [-0.2, 0) is 5.41 Å². The highest BCUT2D eigenvalue weighted by Gasteiger charge is 2.19. The smallest absolute Gasteiger partial charge is 0.329 e. The van der Waals surface area contributed by atoms with Crippen molar-refractivity contribution in [2.45, 2.75) is 26.2 Å². The Morgan fingerprint density at radius 1 is 1.00 bits per heavy atom. The molecule has 0 radical (unpaired) electrons. The van der Waals surface area contributed by atoms with E-state index in [0.29, 0.717) is 5.75 Å². The van der Waals surface area contributed by atoms with Crippen LogP contribution in [0, 0.1) is 0 Å². The molecule has 0 aliphatic heterocycles. The largest absolute Gasteiger partial charge is 0.467 e. The minimum Gasteiger partial charge on any atom is -0.467 e. The van der Waals surface area contributed by atoms with E-state index in [0.717, 1.165) is 5.56 Å². The van der Waals surface area contributed by atoms with Crippen LogP contribution in [-0.4, -0.2) is 22.1 Å². The van der Waals surface area contributed by atoms with Crippen molar-refractivity contribution >= 4 is 11.6 Å². The van der Waals surface area contributed by atoms with Crippen LogP contribution >= 0.6 is 11.6 Å². The molecule has 0 spiro atoms. The fourth-order valence-corrected chi connectivity index (χ4v) is 1.87. The zero-order chi connectivity index (χ0) is 14.8. The number of hydrogen-bond donors (Lipinski definition) is 0. The molecule has 0 saturated carbocycles. The lowest BCUT2D eigenvalue weighted by molar-refractivity contribution is 0.356. The Labute approximate surface area is 123 Å². The van der Waals surface area contributed by atoms with Gasteiger partial charge in [-0.15, -0.1) is 4.98 Å². The number of nitrogens with zero attached hydrogens (tertiary/aromatic N) is 3. The van der Waals surface area contributed by atoms with Gasteiger partial charge in [0.05, 0.1) is 7.11 Å². The van der Waals surface area contributed by atoms with E-state index in [4.69, 9.17) is 21.1 Å². The second-order valence-corrected chi connectivity index (χ2v) is 5.56. The Kier molecular flexibility index (Phi) is 4.09. The van der Waals surface area contributed by atoms with E-state index in [1.807, 2.05) is 24.3 Å². The van der Waals surface area contributed by atoms with Gasteiger partial charge >= 0.3 is 12.0 Å². The standard InChI is InChI=1S/C14H16ClN3O2/c1-14(2,3)9-7-5-6-8-10(9)20-13-17-11(15)16-12(18-13)19-4/h5-8H,1-4H3. The zero-order valence-corrected chi connectivity index (χ0v) is 12.6. The summed E-state index contributed by atoms with van der Waals surface area (Å²) in [7, 11) is 1.46. The lowest BCUT2D eigenvalue weighted by atomic mass is 9.86. The fraction of sp³-hybridized carbons (Fsp3) is 0.357. The van der Waals surface area contributed by atoms with Crippen molar-refractivity contribution in [2.24, 2.45) is 0 Å². The molecule has 0 atom stereocenters. The number of halogens is 1. The van der Waals surface area contributed by atoms with Crippen molar-refractivity contribution in [2.75, 3.05) is 7.11 Å². The predicted molar refractivity (Wildman–Crippen MR) is 76.6 cm³/mol. The minimum absolute atomic E-state index is 0.0279. The van der Waals surface area contributed by atoms with Gasteiger partial charge in [-0.3, -0.25) is 0 Å². The molecule has 0 fully saturated rings. The van der Waals surface area contributed by atoms with Gasteiger partial charge in [-0.2, -0.15) is 9.97 Å². The maximum Gasteiger partial charge on any atom is 0.329 e. The number of methoxy groups -OCH3 is 1. The van der Waals surface area contributed by atoms with Gasteiger partial charge in [0.25, 0.3) is 0 Å². The molecule has 106 valence electrons. The molecule has 1 aromatic heterocycles. The Balaban J connectivity index is 2.38. The molecule has 0 N–H and O–H groups in total. The van der Waals surface area contributed by atoms with Gasteiger partial charge < -0.3 is 9.47 Å². The van der Waals surface area contributed by atoms with Gasteiger partial charge in [0.1, 0.15) is 5.75 Å². The Morgan fingerprint density at radius 3 is 2.30 bits per heavy atom. The third-order valence-electron chi connectivity index (χ3n) is 2.65. The van der Waals surface area contributed by atoms with E-state index < -0.39 is 0 Å². The van der Waals surface area contributed by atoms with Gasteiger partial charge in [0.15, 0.2) is 0 Å². The summed E-state index contributed by atoms with van der Waals surface area (Å²) in [6, 6.07) is 7.96. The van der Waals surface area contributed by atoms with Crippen molar-refractivity contribution < 1.29 is 9.47 Å². The van der Waals surface area contributed by atoms with E-state index in [-0.39, 0.29) is 22.7 Å². The van der Waals surface area contributed by atoms with Gasteiger partial charge in [-0.1, -0.05) is 39.0 Å². The molecule has 6 heteroatoms. The average Bonchev–Trinajstić information content (AvgIpc) is 2.37. The van der Waals surface area contributed by atoms with E-state index >= 15 is 0 Å². The van der Waals surface area contributed by atoms with Crippen LogP contribution in [0.2, 0.25) is 5.28 Å².